The summed E-state index contributed by atoms with van der Waals surface area (Å²) in [5, 5.41) is 11.9. The number of allylic oxidation sites excluding steroid dienone is 1. The number of aliphatic hydroxyl groups is 1. The van der Waals surface area contributed by atoms with Crippen molar-refractivity contribution in [1.29, 1.82) is 0 Å². The Morgan fingerprint density at radius 1 is 1.23 bits per heavy atom. The predicted molar refractivity (Wildman–Crippen MR) is 113 cm³/mol. The summed E-state index contributed by atoms with van der Waals surface area (Å²) in [6, 6.07) is 6.60. The van der Waals surface area contributed by atoms with Crippen LogP contribution in [0.25, 0.3) is 17.0 Å². The number of aryl methyl sites for hydroxylation is 1. The van der Waals surface area contributed by atoms with Crippen LogP contribution in [-0.2, 0) is 18.1 Å². The molecule has 0 aliphatic heterocycles. The maximum absolute atomic E-state index is 10.5. The zero-order valence-corrected chi connectivity index (χ0v) is 18.1. The van der Waals surface area contributed by atoms with Crippen molar-refractivity contribution in [3.63, 3.8) is 0 Å². The van der Waals surface area contributed by atoms with Gasteiger partial charge in [-0.1, -0.05) is 32.9 Å². The van der Waals surface area contributed by atoms with E-state index < -0.39 is 8.32 Å². The van der Waals surface area contributed by atoms with E-state index in [9.17, 15) is 5.11 Å². The molecule has 142 valence electrons. The molecule has 1 aliphatic carbocycles. The molecule has 0 radical (unpaired) electrons. The lowest BCUT2D eigenvalue weighted by molar-refractivity contribution is 0.164. The maximum Gasteiger partial charge on any atom is 0.192 e. The SMILES string of the molecule is Cn1c(CO[Si](C)(C)C(C)(C)C)cc2cc3c(cc21)C=CCCCC3O. The maximum atomic E-state index is 10.5. The summed E-state index contributed by atoms with van der Waals surface area (Å²) in [7, 11) is 0.339. The normalized spacial score (nSPS) is 18.7. The van der Waals surface area contributed by atoms with Crippen molar-refractivity contribution in [2.45, 2.75) is 70.9 Å². The number of hydrogen-bond acceptors (Lipinski definition) is 2. The Morgan fingerprint density at radius 3 is 2.65 bits per heavy atom. The van der Waals surface area contributed by atoms with Crippen LogP contribution >= 0.6 is 0 Å². The van der Waals surface area contributed by atoms with E-state index in [4.69, 9.17) is 4.43 Å². The number of aliphatic hydroxyl groups excluding tert-OH is 1. The van der Waals surface area contributed by atoms with Crippen molar-refractivity contribution < 1.29 is 9.53 Å². The van der Waals surface area contributed by atoms with Crippen molar-refractivity contribution in [1.82, 2.24) is 4.57 Å². The lowest BCUT2D eigenvalue weighted by atomic mass is 9.94. The van der Waals surface area contributed by atoms with Crippen LogP contribution in [0.15, 0.2) is 24.3 Å². The van der Waals surface area contributed by atoms with Crippen molar-refractivity contribution in [3.8, 4) is 0 Å². The minimum atomic E-state index is -1.77. The van der Waals surface area contributed by atoms with Crippen LogP contribution in [0, 0.1) is 0 Å². The van der Waals surface area contributed by atoms with Crippen LogP contribution in [0.4, 0.5) is 0 Å². The summed E-state index contributed by atoms with van der Waals surface area (Å²) in [4.78, 5) is 0. The first-order chi connectivity index (χ1) is 12.1. The van der Waals surface area contributed by atoms with Gasteiger partial charge in [-0.25, -0.2) is 0 Å². The molecule has 1 atom stereocenters. The van der Waals surface area contributed by atoms with Crippen LogP contribution in [0.5, 0.6) is 0 Å². The molecule has 1 heterocycles. The Bertz CT molecular complexity index is 827. The molecule has 4 heteroatoms. The quantitative estimate of drug-likeness (QED) is 0.678. The fourth-order valence-electron chi connectivity index (χ4n) is 3.31. The van der Waals surface area contributed by atoms with Gasteiger partial charge in [-0.15, -0.1) is 0 Å². The fraction of sp³-hybridized carbons (Fsp3) is 0.545. The zero-order valence-electron chi connectivity index (χ0n) is 17.1. The molecule has 0 saturated carbocycles. The van der Waals surface area contributed by atoms with E-state index in [1.807, 2.05) is 0 Å². The van der Waals surface area contributed by atoms with E-state index in [0.29, 0.717) is 6.61 Å². The molecule has 1 aliphatic rings. The molecule has 1 N–H and O–H groups in total. The third-order valence-electron chi connectivity index (χ3n) is 6.24. The van der Waals surface area contributed by atoms with Crippen LogP contribution in [0.3, 0.4) is 0 Å². The van der Waals surface area contributed by atoms with Crippen LogP contribution in [0.2, 0.25) is 18.1 Å². The number of nitrogens with zero attached hydrogens (tertiary/aromatic N) is 1. The molecule has 0 saturated heterocycles. The summed E-state index contributed by atoms with van der Waals surface area (Å²) in [5.41, 5.74) is 4.59. The lowest BCUT2D eigenvalue weighted by Crippen LogP contribution is -2.40. The first kappa shape index (κ1) is 19.4. The average Bonchev–Trinajstić information content (AvgIpc) is 2.85. The van der Waals surface area contributed by atoms with Gasteiger partial charge < -0.3 is 14.1 Å². The molecular weight excluding hydrogens is 338 g/mol. The Kier molecular flexibility index (Phi) is 5.21. The highest BCUT2D eigenvalue weighted by Gasteiger charge is 2.37. The first-order valence-electron chi connectivity index (χ1n) is 9.71. The van der Waals surface area contributed by atoms with Crippen LogP contribution in [-0.4, -0.2) is 18.0 Å². The van der Waals surface area contributed by atoms with Gasteiger partial charge in [-0.2, -0.15) is 0 Å². The van der Waals surface area contributed by atoms with E-state index in [0.717, 1.165) is 30.4 Å². The van der Waals surface area contributed by atoms with E-state index in [1.165, 1.54) is 16.6 Å². The van der Waals surface area contributed by atoms with Crippen LogP contribution < -0.4 is 0 Å². The molecule has 1 unspecified atom stereocenters. The number of aromatic nitrogens is 1. The van der Waals surface area contributed by atoms with Gasteiger partial charge >= 0.3 is 0 Å². The highest BCUT2D eigenvalue weighted by Crippen LogP contribution is 2.37. The minimum absolute atomic E-state index is 0.210. The number of fused-ring (bicyclic) bond motifs is 2. The summed E-state index contributed by atoms with van der Waals surface area (Å²) in [6.07, 6.45) is 6.92. The highest BCUT2D eigenvalue weighted by molar-refractivity contribution is 6.74. The second kappa shape index (κ2) is 6.99. The van der Waals surface area contributed by atoms with Gasteiger partial charge in [0.25, 0.3) is 0 Å². The summed E-state index contributed by atoms with van der Waals surface area (Å²) in [5.74, 6) is 0. The van der Waals surface area contributed by atoms with Gasteiger partial charge in [0, 0.05) is 23.6 Å². The Labute approximate surface area is 158 Å². The molecule has 3 rings (SSSR count). The number of hydrogen-bond donors (Lipinski definition) is 1. The van der Waals surface area contributed by atoms with E-state index in [-0.39, 0.29) is 11.1 Å². The summed E-state index contributed by atoms with van der Waals surface area (Å²) < 4.78 is 8.67. The van der Waals surface area contributed by atoms with Crippen LogP contribution in [0.1, 0.15) is 63.0 Å². The number of benzene rings is 1. The second-order valence-electron chi connectivity index (χ2n) is 9.13. The third-order valence-corrected chi connectivity index (χ3v) is 10.7. The molecule has 0 bridgehead atoms. The van der Waals surface area contributed by atoms with Gasteiger partial charge in [0.1, 0.15) is 0 Å². The van der Waals surface area contributed by atoms with Gasteiger partial charge in [-0.05, 0) is 66.7 Å². The summed E-state index contributed by atoms with van der Waals surface area (Å²) >= 11 is 0. The Hall–Kier alpha value is -1.36. The molecule has 26 heavy (non-hydrogen) atoms. The molecule has 0 amide bonds. The molecule has 0 spiro atoms. The summed E-state index contributed by atoms with van der Waals surface area (Å²) in [6.45, 7) is 12.0. The average molecular weight is 372 g/mol. The Morgan fingerprint density at radius 2 is 1.96 bits per heavy atom. The number of rotatable bonds is 3. The van der Waals surface area contributed by atoms with Gasteiger partial charge in [0.05, 0.1) is 12.7 Å². The Balaban J connectivity index is 1.96. The predicted octanol–water partition coefficient (Wildman–Crippen LogP) is 5.93. The molecule has 3 nitrogen and oxygen atoms in total. The van der Waals surface area contributed by atoms with Gasteiger partial charge in [-0.3, -0.25) is 0 Å². The zero-order chi connectivity index (χ0) is 19.1. The van der Waals surface area contributed by atoms with E-state index >= 15 is 0 Å². The highest BCUT2D eigenvalue weighted by atomic mass is 28.4. The van der Waals surface area contributed by atoms with Crippen molar-refractivity contribution in [2.75, 3.05) is 0 Å². The molecule has 0 fully saturated rings. The lowest BCUT2D eigenvalue weighted by Gasteiger charge is -2.36. The van der Waals surface area contributed by atoms with Crippen molar-refractivity contribution in [2.24, 2.45) is 7.05 Å². The van der Waals surface area contributed by atoms with Crippen molar-refractivity contribution in [3.05, 3.63) is 41.1 Å². The topological polar surface area (TPSA) is 34.4 Å². The van der Waals surface area contributed by atoms with Gasteiger partial charge in [0.15, 0.2) is 8.32 Å². The first-order valence-corrected chi connectivity index (χ1v) is 12.6. The molecule has 1 aromatic carbocycles. The molecule has 2 aromatic rings. The van der Waals surface area contributed by atoms with E-state index in [2.05, 4.69) is 75.8 Å². The van der Waals surface area contributed by atoms with Gasteiger partial charge in [0.2, 0.25) is 0 Å². The second-order valence-corrected chi connectivity index (χ2v) is 13.9. The van der Waals surface area contributed by atoms with E-state index in [1.54, 1.807) is 0 Å². The van der Waals surface area contributed by atoms with Crippen molar-refractivity contribution >= 4 is 25.3 Å². The minimum Gasteiger partial charge on any atom is -0.411 e. The smallest absolute Gasteiger partial charge is 0.192 e. The monoisotopic (exact) mass is 371 g/mol. The third kappa shape index (κ3) is 3.68. The molecule has 1 aromatic heterocycles. The fourth-order valence-corrected chi connectivity index (χ4v) is 4.25. The standard InChI is InChI=1S/C22H33NO2Si/c1-22(2,3)26(5,6)25-15-18-12-17-13-19-16(14-20(17)23(18)4)10-8-7-9-11-21(19)24/h8,10,12-14,21,24H,7,9,11,15H2,1-6H3. The largest absolute Gasteiger partial charge is 0.411 e. The molecular formula is C22H33NO2Si.